The van der Waals surface area contributed by atoms with E-state index < -0.39 is 5.97 Å². The van der Waals surface area contributed by atoms with Crippen LogP contribution in [0.25, 0.3) is 0 Å². The van der Waals surface area contributed by atoms with Crippen LogP contribution in [-0.2, 0) is 9.59 Å². The van der Waals surface area contributed by atoms with Crippen LogP contribution in [0.1, 0.15) is 142 Å². The molecule has 3 heteroatoms. The van der Waals surface area contributed by atoms with Gasteiger partial charge in [0.25, 0.3) is 0 Å². The number of carbonyl (C=O) groups is 2. The van der Waals surface area contributed by atoms with Crippen molar-refractivity contribution in [3.05, 3.63) is 0 Å². The summed E-state index contributed by atoms with van der Waals surface area (Å²) >= 11 is 0. The summed E-state index contributed by atoms with van der Waals surface area (Å²) in [4.78, 5) is 22.0. The molecule has 0 heterocycles. The molecule has 0 saturated carbocycles. The van der Waals surface area contributed by atoms with Crippen LogP contribution in [0.4, 0.5) is 0 Å². The number of hydrogen-bond donors (Lipinski definition) is 1. The van der Waals surface area contributed by atoms with Crippen LogP contribution in [0.15, 0.2) is 0 Å². The van der Waals surface area contributed by atoms with E-state index in [1.54, 1.807) is 0 Å². The number of aliphatic carboxylic acids is 1. The molecule has 0 spiro atoms. The van der Waals surface area contributed by atoms with Crippen LogP contribution in [0, 0.1) is 0 Å². The Kier molecular flexibility index (Phi) is 20.8. The summed E-state index contributed by atoms with van der Waals surface area (Å²) in [6.45, 7) is 2.28. The molecule has 0 aliphatic carbocycles. The lowest BCUT2D eigenvalue weighted by molar-refractivity contribution is -0.137. The maximum Gasteiger partial charge on any atom is 0.303 e. The van der Waals surface area contributed by atoms with Gasteiger partial charge in [-0.3, -0.25) is 9.59 Å². The molecular weight excluding hydrogens is 336 g/mol. The predicted octanol–water partition coefficient (Wildman–Crippen LogP) is 7.85. The SMILES string of the molecule is CCCCCCCCCCCCCCCCCCCC(=O)CCCC(=O)O. The summed E-state index contributed by atoms with van der Waals surface area (Å²) in [5, 5.41) is 8.55. The van der Waals surface area contributed by atoms with E-state index in [1.165, 1.54) is 96.3 Å². The third-order valence-electron chi connectivity index (χ3n) is 5.41. The predicted molar refractivity (Wildman–Crippen MR) is 115 cm³/mol. The van der Waals surface area contributed by atoms with Crippen molar-refractivity contribution in [2.45, 2.75) is 142 Å². The number of Topliss-reactive ketones (excluding diaryl/α,β-unsaturated/α-hetero) is 1. The Balaban J connectivity index is 3.10. The minimum absolute atomic E-state index is 0.116. The number of carboxylic acid groups (broad SMARTS) is 1. The van der Waals surface area contributed by atoms with Crippen molar-refractivity contribution in [1.29, 1.82) is 0 Å². The van der Waals surface area contributed by atoms with E-state index in [9.17, 15) is 9.59 Å². The number of rotatable bonds is 22. The van der Waals surface area contributed by atoms with Crippen molar-refractivity contribution < 1.29 is 14.7 Å². The fourth-order valence-corrected chi connectivity index (χ4v) is 3.61. The highest BCUT2D eigenvalue weighted by Gasteiger charge is 2.04. The van der Waals surface area contributed by atoms with Gasteiger partial charge in [-0.25, -0.2) is 0 Å². The molecule has 0 bridgehead atoms. The van der Waals surface area contributed by atoms with E-state index in [0.29, 0.717) is 19.3 Å². The average molecular weight is 383 g/mol. The molecule has 27 heavy (non-hydrogen) atoms. The summed E-state index contributed by atoms with van der Waals surface area (Å²) in [6.07, 6.45) is 24.6. The summed E-state index contributed by atoms with van der Waals surface area (Å²) in [5.74, 6) is -0.571. The van der Waals surface area contributed by atoms with Crippen LogP contribution < -0.4 is 0 Å². The molecule has 0 atom stereocenters. The van der Waals surface area contributed by atoms with Crippen LogP contribution in [-0.4, -0.2) is 16.9 Å². The Morgan fingerprint density at radius 2 is 0.815 bits per heavy atom. The first-order chi connectivity index (χ1) is 13.2. The lowest BCUT2D eigenvalue weighted by atomic mass is 10.0. The standard InChI is InChI=1S/C24H46O3/c1-2-3-4-5-6-7-8-9-10-11-12-13-14-15-16-17-18-20-23(25)21-19-22-24(26)27/h2-22H2,1H3,(H,26,27). The number of ketones is 1. The number of carbonyl (C=O) groups excluding carboxylic acids is 1. The molecule has 0 amide bonds. The van der Waals surface area contributed by atoms with Gasteiger partial charge in [-0.15, -0.1) is 0 Å². The maximum absolute atomic E-state index is 11.6. The lowest BCUT2D eigenvalue weighted by Gasteiger charge is -2.04. The fourth-order valence-electron chi connectivity index (χ4n) is 3.61. The number of hydrogen-bond acceptors (Lipinski definition) is 2. The third-order valence-corrected chi connectivity index (χ3v) is 5.41. The number of carboxylic acids is 1. The molecule has 1 N–H and O–H groups in total. The van der Waals surface area contributed by atoms with Gasteiger partial charge >= 0.3 is 5.97 Å². The lowest BCUT2D eigenvalue weighted by Crippen LogP contribution is -2.00. The molecule has 0 aromatic carbocycles. The van der Waals surface area contributed by atoms with Crippen LogP contribution in [0.5, 0.6) is 0 Å². The van der Waals surface area contributed by atoms with Crippen LogP contribution >= 0.6 is 0 Å². The highest BCUT2D eigenvalue weighted by atomic mass is 16.4. The van der Waals surface area contributed by atoms with Crippen LogP contribution in [0.2, 0.25) is 0 Å². The third kappa shape index (κ3) is 23.1. The smallest absolute Gasteiger partial charge is 0.303 e. The fraction of sp³-hybridized carbons (Fsp3) is 0.917. The Bertz CT molecular complexity index is 339. The summed E-state index contributed by atoms with van der Waals surface area (Å²) < 4.78 is 0. The van der Waals surface area contributed by atoms with Crippen molar-refractivity contribution in [3.8, 4) is 0 Å². The second-order valence-corrected chi connectivity index (χ2v) is 8.19. The highest BCUT2D eigenvalue weighted by molar-refractivity contribution is 5.78. The van der Waals surface area contributed by atoms with E-state index in [2.05, 4.69) is 6.92 Å². The molecule has 0 saturated heterocycles. The zero-order chi connectivity index (χ0) is 20.0. The van der Waals surface area contributed by atoms with Gasteiger partial charge < -0.3 is 5.11 Å². The minimum Gasteiger partial charge on any atom is -0.481 e. The van der Waals surface area contributed by atoms with Crippen molar-refractivity contribution in [3.63, 3.8) is 0 Å². The monoisotopic (exact) mass is 382 g/mol. The van der Waals surface area contributed by atoms with Crippen molar-refractivity contribution >= 4 is 11.8 Å². The Hall–Kier alpha value is -0.860. The van der Waals surface area contributed by atoms with Crippen LogP contribution in [0.3, 0.4) is 0 Å². The van der Waals surface area contributed by atoms with Gasteiger partial charge in [0.2, 0.25) is 0 Å². The molecule has 3 nitrogen and oxygen atoms in total. The molecular formula is C24H46O3. The Morgan fingerprint density at radius 3 is 1.19 bits per heavy atom. The summed E-state index contributed by atoms with van der Waals surface area (Å²) in [5.41, 5.74) is 0. The molecule has 0 rings (SSSR count). The van der Waals surface area contributed by atoms with Gasteiger partial charge in [-0.05, 0) is 12.8 Å². The van der Waals surface area contributed by atoms with E-state index in [1.807, 2.05) is 0 Å². The second kappa shape index (κ2) is 21.4. The average Bonchev–Trinajstić information content (AvgIpc) is 2.64. The molecule has 0 unspecified atom stereocenters. The summed E-state index contributed by atoms with van der Waals surface area (Å²) in [7, 11) is 0. The molecule has 0 aliphatic rings. The Morgan fingerprint density at radius 1 is 0.481 bits per heavy atom. The summed E-state index contributed by atoms with van der Waals surface area (Å²) in [6, 6.07) is 0. The first-order valence-corrected chi connectivity index (χ1v) is 11.9. The minimum atomic E-state index is -0.805. The molecule has 0 aliphatic heterocycles. The number of unbranched alkanes of at least 4 members (excludes halogenated alkanes) is 16. The first-order valence-electron chi connectivity index (χ1n) is 11.9. The largest absolute Gasteiger partial charge is 0.481 e. The Labute approximate surface area is 168 Å². The van der Waals surface area contributed by atoms with Gasteiger partial charge in [0, 0.05) is 19.3 Å². The molecule has 0 aromatic heterocycles. The van der Waals surface area contributed by atoms with Gasteiger partial charge in [-0.2, -0.15) is 0 Å². The van der Waals surface area contributed by atoms with Crippen molar-refractivity contribution in [2.75, 3.05) is 0 Å². The quantitative estimate of drug-likeness (QED) is 0.194. The second-order valence-electron chi connectivity index (χ2n) is 8.19. The van der Waals surface area contributed by atoms with Gasteiger partial charge in [0.1, 0.15) is 5.78 Å². The van der Waals surface area contributed by atoms with E-state index >= 15 is 0 Å². The first kappa shape index (κ1) is 26.1. The van der Waals surface area contributed by atoms with Gasteiger partial charge in [0.15, 0.2) is 0 Å². The van der Waals surface area contributed by atoms with E-state index in [-0.39, 0.29) is 12.2 Å². The maximum atomic E-state index is 11.6. The zero-order valence-electron chi connectivity index (χ0n) is 18.1. The normalized spacial score (nSPS) is 11.0. The van der Waals surface area contributed by atoms with Gasteiger partial charge in [-0.1, -0.05) is 110 Å². The molecule has 160 valence electrons. The van der Waals surface area contributed by atoms with Crippen molar-refractivity contribution in [2.24, 2.45) is 0 Å². The van der Waals surface area contributed by atoms with E-state index in [0.717, 1.165) is 12.8 Å². The molecule has 0 aromatic rings. The molecule has 0 radical (unpaired) electrons. The molecule has 0 fully saturated rings. The topological polar surface area (TPSA) is 54.4 Å². The zero-order valence-corrected chi connectivity index (χ0v) is 18.1. The van der Waals surface area contributed by atoms with Gasteiger partial charge in [0.05, 0.1) is 0 Å². The van der Waals surface area contributed by atoms with E-state index in [4.69, 9.17) is 5.11 Å². The van der Waals surface area contributed by atoms with Crippen molar-refractivity contribution in [1.82, 2.24) is 0 Å². The highest BCUT2D eigenvalue weighted by Crippen LogP contribution is 2.14.